The molecule has 1 atom stereocenters. The Labute approximate surface area is 152 Å². The van der Waals surface area contributed by atoms with Gasteiger partial charge in [0.15, 0.2) is 5.69 Å². The molecular formula is C19H24N2O5. The number of ether oxygens (including phenoxy) is 3. The first-order chi connectivity index (χ1) is 12.6. The maximum Gasteiger partial charge on any atom is 0.276 e. The van der Waals surface area contributed by atoms with E-state index in [9.17, 15) is 4.79 Å². The van der Waals surface area contributed by atoms with E-state index in [0.29, 0.717) is 36.7 Å². The zero-order valence-corrected chi connectivity index (χ0v) is 15.6. The lowest BCUT2D eigenvalue weighted by Crippen LogP contribution is -2.29. The van der Waals surface area contributed by atoms with Crippen LogP contribution >= 0.6 is 0 Å². The summed E-state index contributed by atoms with van der Waals surface area (Å²) in [7, 11) is 4.88. The average molecular weight is 360 g/mol. The van der Waals surface area contributed by atoms with Crippen LogP contribution in [0.1, 0.15) is 39.7 Å². The van der Waals surface area contributed by atoms with Crippen molar-refractivity contribution in [3.8, 4) is 11.5 Å². The third-order valence-electron chi connectivity index (χ3n) is 4.83. The van der Waals surface area contributed by atoms with Gasteiger partial charge in [-0.3, -0.25) is 4.79 Å². The number of amides is 1. The molecule has 1 aliphatic heterocycles. The van der Waals surface area contributed by atoms with E-state index >= 15 is 0 Å². The zero-order chi connectivity index (χ0) is 18.7. The Morgan fingerprint density at radius 2 is 2.12 bits per heavy atom. The third kappa shape index (κ3) is 3.39. The molecule has 1 aromatic carbocycles. The van der Waals surface area contributed by atoms with Gasteiger partial charge in [-0.15, -0.1) is 0 Å². The summed E-state index contributed by atoms with van der Waals surface area (Å²) in [6.45, 7) is 3.34. The number of carbonyl (C=O) groups excluding carboxylic acids is 1. The molecule has 3 rings (SSSR count). The van der Waals surface area contributed by atoms with E-state index in [0.717, 1.165) is 23.5 Å². The molecule has 0 saturated carbocycles. The second-order valence-corrected chi connectivity index (χ2v) is 6.34. The van der Waals surface area contributed by atoms with Gasteiger partial charge in [0.25, 0.3) is 5.91 Å². The van der Waals surface area contributed by atoms with Crippen LogP contribution in [0.5, 0.6) is 11.5 Å². The van der Waals surface area contributed by atoms with Gasteiger partial charge in [-0.2, -0.15) is 0 Å². The number of nitrogens with zero attached hydrogens (tertiary/aromatic N) is 2. The minimum Gasteiger partial charge on any atom is -0.497 e. The van der Waals surface area contributed by atoms with Gasteiger partial charge in [-0.25, -0.2) is 0 Å². The van der Waals surface area contributed by atoms with Crippen molar-refractivity contribution >= 4 is 5.91 Å². The Morgan fingerprint density at radius 1 is 1.31 bits per heavy atom. The molecule has 0 N–H and O–H groups in total. The van der Waals surface area contributed by atoms with Crippen molar-refractivity contribution in [2.75, 3.05) is 34.4 Å². The number of benzene rings is 1. The molecule has 1 amide bonds. The molecule has 0 radical (unpaired) electrons. The second-order valence-electron chi connectivity index (χ2n) is 6.34. The maximum absolute atomic E-state index is 12.9. The maximum atomic E-state index is 12.9. The molecule has 7 heteroatoms. The van der Waals surface area contributed by atoms with Crippen LogP contribution in [0.4, 0.5) is 0 Å². The highest BCUT2D eigenvalue weighted by molar-refractivity contribution is 5.94. The first-order valence-corrected chi connectivity index (χ1v) is 8.54. The number of hydrogen-bond acceptors (Lipinski definition) is 6. The minimum atomic E-state index is -0.127. The monoisotopic (exact) mass is 360 g/mol. The Hall–Kier alpha value is -2.54. The Bertz CT molecular complexity index is 786. The van der Waals surface area contributed by atoms with Gasteiger partial charge < -0.3 is 23.6 Å². The number of likely N-dealkylation sites (tertiary alicyclic amines) is 1. The van der Waals surface area contributed by atoms with Crippen LogP contribution in [0.3, 0.4) is 0 Å². The summed E-state index contributed by atoms with van der Waals surface area (Å²) >= 11 is 0. The van der Waals surface area contributed by atoms with Gasteiger partial charge in [0.2, 0.25) is 0 Å². The van der Waals surface area contributed by atoms with E-state index in [-0.39, 0.29) is 11.8 Å². The molecule has 0 unspecified atom stereocenters. The molecule has 2 aromatic rings. The summed E-state index contributed by atoms with van der Waals surface area (Å²) in [6.07, 6.45) is 0.853. The lowest BCUT2D eigenvalue weighted by atomic mass is 9.97. The number of rotatable bonds is 6. The largest absolute Gasteiger partial charge is 0.497 e. The summed E-state index contributed by atoms with van der Waals surface area (Å²) in [5.41, 5.74) is 2.10. The molecule has 1 fully saturated rings. The third-order valence-corrected chi connectivity index (χ3v) is 4.83. The van der Waals surface area contributed by atoms with Crippen molar-refractivity contribution in [3.63, 3.8) is 0 Å². The van der Waals surface area contributed by atoms with E-state index in [1.807, 2.05) is 18.2 Å². The van der Waals surface area contributed by atoms with Crippen molar-refractivity contribution in [2.24, 2.45) is 0 Å². The normalized spacial score (nSPS) is 16.8. The van der Waals surface area contributed by atoms with Crippen molar-refractivity contribution in [1.82, 2.24) is 10.1 Å². The predicted molar refractivity (Wildman–Crippen MR) is 94.8 cm³/mol. The van der Waals surface area contributed by atoms with Crippen molar-refractivity contribution in [3.05, 3.63) is 40.8 Å². The number of carbonyl (C=O) groups is 1. The molecule has 1 saturated heterocycles. The summed E-state index contributed by atoms with van der Waals surface area (Å²) in [4.78, 5) is 14.7. The van der Waals surface area contributed by atoms with E-state index in [1.54, 1.807) is 33.2 Å². The first-order valence-electron chi connectivity index (χ1n) is 8.54. The Balaban J connectivity index is 1.80. The standard InChI is InChI=1S/C19H24N2O5/c1-12-16(11-23-2)18(20-26-12)19(22)21-8-7-13(10-21)15-9-14(24-3)5-6-17(15)25-4/h5-6,9,13H,7-8,10-11H2,1-4H3/t13-/m0/s1. The van der Waals surface area contributed by atoms with Crippen LogP contribution in [0.25, 0.3) is 0 Å². The van der Waals surface area contributed by atoms with Gasteiger partial charge >= 0.3 is 0 Å². The van der Waals surface area contributed by atoms with Crippen LogP contribution < -0.4 is 9.47 Å². The van der Waals surface area contributed by atoms with Gasteiger partial charge in [-0.05, 0) is 31.5 Å². The van der Waals surface area contributed by atoms with Crippen LogP contribution in [0.15, 0.2) is 22.7 Å². The van der Waals surface area contributed by atoms with Crippen LogP contribution in [-0.2, 0) is 11.3 Å². The molecule has 140 valence electrons. The lowest BCUT2D eigenvalue weighted by Gasteiger charge is -2.18. The summed E-state index contributed by atoms with van der Waals surface area (Å²) in [5, 5.41) is 3.95. The number of hydrogen-bond donors (Lipinski definition) is 0. The highest BCUT2D eigenvalue weighted by Crippen LogP contribution is 2.36. The number of aromatic nitrogens is 1. The van der Waals surface area contributed by atoms with Crippen LogP contribution in [0.2, 0.25) is 0 Å². The Kier molecular flexibility index (Phi) is 5.46. The fourth-order valence-corrected chi connectivity index (χ4v) is 3.38. The molecule has 7 nitrogen and oxygen atoms in total. The van der Waals surface area contributed by atoms with Crippen LogP contribution in [0, 0.1) is 6.92 Å². The highest BCUT2D eigenvalue weighted by atomic mass is 16.5. The van der Waals surface area contributed by atoms with Crippen molar-refractivity contribution in [1.29, 1.82) is 0 Å². The SMILES string of the molecule is COCc1c(C(=O)N2CC[C@H](c3cc(OC)ccc3OC)C2)noc1C. The topological polar surface area (TPSA) is 74.0 Å². The van der Waals surface area contributed by atoms with Gasteiger partial charge in [-0.1, -0.05) is 5.16 Å². The lowest BCUT2D eigenvalue weighted by molar-refractivity contribution is 0.0776. The second kappa shape index (κ2) is 7.78. The van der Waals surface area contributed by atoms with E-state index < -0.39 is 0 Å². The smallest absolute Gasteiger partial charge is 0.276 e. The molecule has 0 aliphatic carbocycles. The molecule has 26 heavy (non-hydrogen) atoms. The van der Waals surface area contributed by atoms with Gasteiger partial charge in [0.05, 0.1) is 26.4 Å². The number of methoxy groups -OCH3 is 3. The fraction of sp³-hybridized carbons (Fsp3) is 0.474. The summed E-state index contributed by atoms with van der Waals surface area (Å²) < 4.78 is 21.2. The summed E-state index contributed by atoms with van der Waals surface area (Å²) in [6, 6.07) is 5.75. The molecule has 1 aliphatic rings. The van der Waals surface area contributed by atoms with E-state index in [1.165, 1.54) is 0 Å². The predicted octanol–water partition coefficient (Wildman–Crippen LogP) is 2.78. The van der Waals surface area contributed by atoms with Crippen molar-refractivity contribution in [2.45, 2.75) is 25.9 Å². The van der Waals surface area contributed by atoms with Gasteiger partial charge in [0, 0.05) is 31.7 Å². The van der Waals surface area contributed by atoms with E-state index in [4.69, 9.17) is 18.7 Å². The molecule has 1 aromatic heterocycles. The van der Waals surface area contributed by atoms with Crippen LogP contribution in [-0.4, -0.2) is 50.4 Å². The quantitative estimate of drug-likeness (QED) is 0.789. The molecule has 2 heterocycles. The number of aryl methyl sites for hydroxylation is 1. The van der Waals surface area contributed by atoms with E-state index in [2.05, 4.69) is 5.16 Å². The fourth-order valence-electron chi connectivity index (χ4n) is 3.38. The molecular weight excluding hydrogens is 336 g/mol. The summed E-state index contributed by atoms with van der Waals surface area (Å²) in [5.74, 6) is 2.25. The Morgan fingerprint density at radius 3 is 2.81 bits per heavy atom. The molecule has 0 spiro atoms. The minimum absolute atomic E-state index is 0.127. The molecule has 0 bridgehead atoms. The van der Waals surface area contributed by atoms with Gasteiger partial charge in [0.1, 0.15) is 17.3 Å². The average Bonchev–Trinajstić information content (AvgIpc) is 3.29. The van der Waals surface area contributed by atoms with Crippen molar-refractivity contribution < 1.29 is 23.5 Å². The highest BCUT2D eigenvalue weighted by Gasteiger charge is 2.32. The first kappa shape index (κ1) is 18.3. The zero-order valence-electron chi connectivity index (χ0n) is 15.6.